The summed E-state index contributed by atoms with van der Waals surface area (Å²) in [5.74, 6) is 0.603. The van der Waals surface area contributed by atoms with Crippen molar-refractivity contribution in [3.05, 3.63) is 60.4 Å². The average Bonchev–Trinajstić information content (AvgIpc) is 2.42. The summed E-state index contributed by atoms with van der Waals surface area (Å²) in [7, 11) is 0. The molecule has 0 aromatic heterocycles. The molecule has 0 atom stereocenters. The minimum atomic E-state index is 0.275. The van der Waals surface area contributed by atoms with Gasteiger partial charge in [0.25, 0.3) is 0 Å². The lowest BCUT2D eigenvalue weighted by Gasteiger charge is -2.12. The molecule has 0 bridgehead atoms. The first-order valence-electron chi connectivity index (χ1n) is 5.53. The fraction of sp³-hybridized carbons (Fsp3) is 0.0714. The zero-order valence-electron chi connectivity index (χ0n) is 10.00. The van der Waals surface area contributed by atoms with E-state index >= 15 is 0 Å². The van der Waals surface area contributed by atoms with Gasteiger partial charge in [0.1, 0.15) is 18.6 Å². The predicted octanol–water partition coefficient (Wildman–Crippen LogP) is 5.91. The largest absolute Gasteiger partial charge is 0.486 e. The molecule has 2 aromatic rings. The normalized spacial score (nSPS) is 10.4. The molecule has 0 aliphatic heterocycles. The van der Waals surface area contributed by atoms with E-state index in [-0.39, 0.29) is 6.61 Å². The lowest BCUT2D eigenvalue weighted by atomic mass is 10.2. The monoisotopic (exact) mass is 436 g/mol. The number of aldehydes is 1. The van der Waals surface area contributed by atoms with E-state index in [9.17, 15) is 4.79 Å². The van der Waals surface area contributed by atoms with Gasteiger partial charge >= 0.3 is 0 Å². The summed E-state index contributed by atoms with van der Waals surface area (Å²) in [6.07, 6.45) is 0.771. The Kier molecular flexibility index (Phi) is 5.49. The molecule has 104 valence electrons. The van der Waals surface area contributed by atoms with Crippen LogP contribution in [0.1, 0.15) is 15.9 Å². The van der Waals surface area contributed by atoms with Crippen molar-refractivity contribution in [1.29, 1.82) is 0 Å². The Morgan fingerprint density at radius 1 is 1.15 bits per heavy atom. The summed E-state index contributed by atoms with van der Waals surface area (Å²) < 4.78 is 7.11. The highest BCUT2D eigenvalue weighted by Gasteiger charge is 2.11. The minimum Gasteiger partial charge on any atom is -0.486 e. The van der Waals surface area contributed by atoms with Gasteiger partial charge in [-0.3, -0.25) is 4.79 Å². The molecule has 0 spiro atoms. The molecule has 0 N–H and O–H groups in total. The molecular formula is C14H8Br2Cl2O2. The molecule has 0 heterocycles. The van der Waals surface area contributed by atoms with Crippen molar-refractivity contribution in [3.8, 4) is 5.75 Å². The molecule has 0 fully saturated rings. The number of carbonyl (C=O) groups excluding carboxylic acids is 1. The van der Waals surface area contributed by atoms with Gasteiger partial charge in [-0.1, -0.05) is 35.3 Å². The summed E-state index contributed by atoms with van der Waals surface area (Å²) >= 11 is 18.8. The second kappa shape index (κ2) is 6.94. The Hall–Kier alpha value is -0.550. The summed E-state index contributed by atoms with van der Waals surface area (Å²) in [6, 6.07) is 8.75. The van der Waals surface area contributed by atoms with E-state index < -0.39 is 0 Å². The topological polar surface area (TPSA) is 26.3 Å². The quantitative estimate of drug-likeness (QED) is 0.555. The van der Waals surface area contributed by atoms with Gasteiger partial charge in [0, 0.05) is 11.1 Å². The number of hydrogen-bond donors (Lipinski definition) is 0. The molecular weight excluding hydrogens is 431 g/mol. The van der Waals surface area contributed by atoms with Gasteiger partial charge in [-0.05, 0) is 50.1 Å². The molecule has 0 saturated heterocycles. The number of halogens is 4. The van der Waals surface area contributed by atoms with Crippen LogP contribution in [0.4, 0.5) is 0 Å². The molecule has 0 aliphatic rings. The molecule has 0 unspecified atom stereocenters. The van der Waals surface area contributed by atoms with Gasteiger partial charge in [-0.25, -0.2) is 0 Å². The number of hydrogen-bond acceptors (Lipinski definition) is 2. The van der Waals surface area contributed by atoms with Gasteiger partial charge in [-0.15, -0.1) is 0 Å². The molecule has 2 nitrogen and oxygen atoms in total. The van der Waals surface area contributed by atoms with Crippen LogP contribution in [0.2, 0.25) is 10.0 Å². The van der Waals surface area contributed by atoms with Crippen molar-refractivity contribution in [1.82, 2.24) is 0 Å². The van der Waals surface area contributed by atoms with E-state index in [1.807, 2.05) is 12.1 Å². The maximum Gasteiger partial charge on any atom is 0.150 e. The zero-order chi connectivity index (χ0) is 14.7. The Labute approximate surface area is 143 Å². The van der Waals surface area contributed by atoms with Crippen LogP contribution < -0.4 is 4.74 Å². The van der Waals surface area contributed by atoms with Crippen molar-refractivity contribution in [3.63, 3.8) is 0 Å². The summed E-state index contributed by atoms with van der Waals surface area (Å²) in [5, 5.41) is 0.966. The lowest BCUT2D eigenvalue weighted by Crippen LogP contribution is -1.98. The van der Waals surface area contributed by atoms with E-state index in [0.717, 1.165) is 11.8 Å². The first kappa shape index (κ1) is 15.8. The summed E-state index contributed by atoms with van der Waals surface area (Å²) in [5.41, 5.74) is 1.34. The highest BCUT2D eigenvalue weighted by Crippen LogP contribution is 2.35. The molecule has 0 amide bonds. The Bertz CT molecular complexity index is 637. The van der Waals surface area contributed by atoms with Gasteiger partial charge in [-0.2, -0.15) is 0 Å². The van der Waals surface area contributed by atoms with Gasteiger partial charge in [0.2, 0.25) is 0 Å². The van der Waals surface area contributed by atoms with Crippen molar-refractivity contribution in [2.45, 2.75) is 6.61 Å². The second-order valence-electron chi connectivity index (χ2n) is 3.93. The zero-order valence-corrected chi connectivity index (χ0v) is 14.7. The molecule has 0 radical (unpaired) electrons. The van der Waals surface area contributed by atoms with Crippen LogP contribution >= 0.6 is 55.1 Å². The van der Waals surface area contributed by atoms with Crippen molar-refractivity contribution < 1.29 is 9.53 Å². The van der Waals surface area contributed by atoms with E-state index in [4.69, 9.17) is 27.9 Å². The van der Waals surface area contributed by atoms with Crippen LogP contribution in [0.5, 0.6) is 5.75 Å². The van der Waals surface area contributed by atoms with Gasteiger partial charge in [0.15, 0.2) is 0 Å². The van der Waals surface area contributed by atoms with Crippen LogP contribution in [-0.4, -0.2) is 6.29 Å². The number of rotatable bonds is 4. The SMILES string of the molecule is O=Cc1cc(Br)c(OCc2cccc(Cl)c2Cl)c(Br)c1. The fourth-order valence-corrected chi connectivity index (χ4v) is 3.42. The van der Waals surface area contributed by atoms with Gasteiger partial charge < -0.3 is 4.74 Å². The van der Waals surface area contributed by atoms with Crippen molar-refractivity contribution in [2.75, 3.05) is 0 Å². The van der Waals surface area contributed by atoms with Crippen LogP contribution in [0.15, 0.2) is 39.3 Å². The third kappa shape index (κ3) is 3.55. The molecule has 6 heteroatoms. The van der Waals surface area contributed by atoms with E-state index in [2.05, 4.69) is 31.9 Å². The molecule has 0 aliphatic carbocycles. The Balaban J connectivity index is 2.23. The third-order valence-electron chi connectivity index (χ3n) is 2.56. The maximum atomic E-state index is 10.8. The molecule has 2 rings (SSSR count). The summed E-state index contributed by atoms with van der Waals surface area (Å²) in [6.45, 7) is 0.275. The third-order valence-corrected chi connectivity index (χ3v) is 4.60. The lowest BCUT2D eigenvalue weighted by molar-refractivity contribution is 0.112. The van der Waals surface area contributed by atoms with E-state index in [1.54, 1.807) is 18.2 Å². The maximum absolute atomic E-state index is 10.8. The Morgan fingerprint density at radius 3 is 2.40 bits per heavy atom. The number of benzene rings is 2. The summed E-state index contributed by atoms with van der Waals surface area (Å²) in [4.78, 5) is 10.8. The molecule has 20 heavy (non-hydrogen) atoms. The van der Waals surface area contributed by atoms with Gasteiger partial charge in [0.05, 0.1) is 19.0 Å². The molecule has 0 saturated carbocycles. The van der Waals surface area contributed by atoms with Crippen LogP contribution in [-0.2, 0) is 6.61 Å². The van der Waals surface area contributed by atoms with Crippen LogP contribution in [0, 0.1) is 0 Å². The Morgan fingerprint density at radius 2 is 1.80 bits per heavy atom. The standard InChI is InChI=1S/C14H8Br2Cl2O2/c15-10-4-8(6-19)5-11(16)14(10)20-7-9-2-1-3-12(17)13(9)18/h1-6H,7H2. The van der Waals surface area contributed by atoms with E-state index in [1.165, 1.54) is 0 Å². The molecule has 2 aromatic carbocycles. The minimum absolute atomic E-state index is 0.275. The number of carbonyl (C=O) groups is 1. The fourth-order valence-electron chi connectivity index (χ4n) is 1.60. The first-order valence-corrected chi connectivity index (χ1v) is 7.87. The van der Waals surface area contributed by atoms with Crippen LogP contribution in [0.25, 0.3) is 0 Å². The second-order valence-corrected chi connectivity index (χ2v) is 6.43. The smallest absolute Gasteiger partial charge is 0.150 e. The number of ether oxygens (including phenoxy) is 1. The highest BCUT2D eigenvalue weighted by molar-refractivity contribution is 9.11. The average molecular weight is 439 g/mol. The highest BCUT2D eigenvalue weighted by atomic mass is 79.9. The predicted molar refractivity (Wildman–Crippen MR) is 88.0 cm³/mol. The van der Waals surface area contributed by atoms with E-state index in [0.29, 0.717) is 30.3 Å². The van der Waals surface area contributed by atoms with Crippen molar-refractivity contribution in [2.24, 2.45) is 0 Å². The first-order chi connectivity index (χ1) is 9.52. The van der Waals surface area contributed by atoms with Crippen molar-refractivity contribution >= 4 is 61.3 Å². The van der Waals surface area contributed by atoms with Crippen LogP contribution in [0.3, 0.4) is 0 Å².